The molecular weight excluding hydrogens is 414 g/mol. The number of rotatable bonds is 5. The first-order valence-corrected chi connectivity index (χ1v) is 11.1. The van der Waals surface area contributed by atoms with E-state index in [1.807, 2.05) is 18.2 Å². The van der Waals surface area contributed by atoms with Gasteiger partial charge in [0.15, 0.2) is 17.3 Å². The highest BCUT2D eigenvalue weighted by atomic mass is 16.7. The third-order valence-corrected chi connectivity index (χ3v) is 6.08. The second-order valence-electron chi connectivity index (χ2n) is 8.62. The number of Topliss-reactive ketones (excluding diaryl/α,β-unsaturated/α-hetero) is 1. The van der Waals surface area contributed by atoms with E-state index in [1.165, 1.54) is 22.3 Å². The molecule has 1 unspecified atom stereocenters. The van der Waals surface area contributed by atoms with Crippen molar-refractivity contribution < 1.29 is 19.4 Å². The number of hydrogen-bond acceptors (Lipinski definition) is 5. The van der Waals surface area contributed by atoms with Crippen LogP contribution in [0.2, 0.25) is 0 Å². The number of aliphatic hydroxyl groups excluding tert-OH is 1. The van der Waals surface area contributed by atoms with Crippen LogP contribution < -0.4 is 9.47 Å². The van der Waals surface area contributed by atoms with Crippen molar-refractivity contribution in [2.75, 3.05) is 13.3 Å². The Labute approximate surface area is 194 Å². The first-order valence-electron chi connectivity index (χ1n) is 11.1. The van der Waals surface area contributed by atoms with Crippen LogP contribution in [0.3, 0.4) is 0 Å². The fraction of sp³-hybridized carbons (Fsp3) is 0.286. The van der Waals surface area contributed by atoms with Gasteiger partial charge in [0, 0.05) is 6.42 Å². The van der Waals surface area contributed by atoms with Gasteiger partial charge < -0.3 is 14.6 Å². The number of hydrogen-bond donors (Lipinski definition) is 1. The van der Waals surface area contributed by atoms with Crippen LogP contribution in [0.25, 0.3) is 6.08 Å². The van der Waals surface area contributed by atoms with E-state index in [2.05, 4.69) is 44.5 Å². The molecule has 2 aliphatic rings. The molecule has 0 bridgehead atoms. The van der Waals surface area contributed by atoms with E-state index in [0.29, 0.717) is 42.2 Å². The normalized spacial score (nSPS) is 20.5. The molecule has 170 valence electrons. The minimum absolute atomic E-state index is 0.0380. The zero-order chi connectivity index (χ0) is 23.5. The van der Waals surface area contributed by atoms with Gasteiger partial charge in [-0.3, -0.25) is 9.79 Å². The lowest BCUT2D eigenvalue weighted by Crippen LogP contribution is -2.27. The molecule has 4 rings (SSSR count). The molecule has 2 aromatic carbocycles. The number of carbonyl (C=O) groups is 1. The van der Waals surface area contributed by atoms with Crippen molar-refractivity contribution in [3.05, 3.63) is 88.2 Å². The average molecular weight is 444 g/mol. The molecule has 1 aliphatic heterocycles. The molecule has 2 aromatic rings. The Morgan fingerprint density at radius 3 is 2.58 bits per heavy atom. The lowest BCUT2D eigenvalue weighted by molar-refractivity contribution is -0.115. The zero-order valence-electron chi connectivity index (χ0n) is 19.4. The van der Waals surface area contributed by atoms with Crippen LogP contribution in [0.1, 0.15) is 46.6 Å². The van der Waals surface area contributed by atoms with Crippen LogP contribution >= 0.6 is 0 Å². The summed E-state index contributed by atoms with van der Waals surface area (Å²) in [6.07, 6.45) is 5.94. The SMILES string of the molecule is C=CCN=C1CC(c2c(C)cc(C)cc2C)CC(=O)/C1=C(O)/C=C/c1ccc2c(c1)OCO2. The Morgan fingerprint density at radius 1 is 1.12 bits per heavy atom. The van der Waals surface area contributed by atoms with Crippen molar-refractivity contribution in [3.63, 3.8) is 0 Å². The Bertz CT molecular complexity index is 1180. The summed E-state index contributed by atoms with van der Waals surface area (Å²) in [5.41, 5.74) is 6.55. The average Bonchev–Trinajstić information content (AvgIpc) is 3.23. The smallest absolute Gasteiger partial charge is 0.231 e. The molecule has 5 heteroatoms. The number of carbonyl (C=O) groups excluding carboxylic acids is 1. The molecule has 0 saturated heterocycles. The van der Waals surface area contributed by atoms with E-state index in [4.69, 9.17) is 9.47 Å². The molecule has 0 aromatic heterocycles. The molecule has 1 saturated carbocycles. The van der Waals surface area contributed by atoms with Gasteiger partial charge in [0.05, 0.1) is 17.8 Å². The molecule has 5 nitrogen and oxygen atoms in total. The summed E-state index contributed by atoms with van der Waals surface area (Å²) in [5, 5.41) is 10.9. The van der Waals surface area contributed by atoms with Crippen molar-refractivity contribution in [1.29, 1.82) is 0 Å². The van der Waals surface area contributed by atoms with Crippen LogP contribution in [0, 0.1) is 20.8 Å². The third-order valence-electron chi connectivity index (χ3n) is 6.08. The second-order valence-corrected chi connectivity index (χ2v) is 8.62. The first kappa shape index (κ1) is 22.6. The zero-order valence-corrected chi connectivity index (χ0v) is 19.4. The number of fused-ring (bicyclic) bond motifs is 1. The Kier molecular flexibility index (Phi) is 6.50. The van der Waals surface area contributed by atoms with Crippen molar-refractivity contribution >= 4 is 17.6 Å². The maximum atomic E-state index is 13.3. The molecule has 33 heavy (non-hydrogen) atoms. The van der Waals surface area contributed by atoms with Gasteiger partial charge in [-0.05, 0) is 73.6 Å². The van der Waals surface area contributed by atoms with E-state index in [-0.39, 0.29) is 24.3 Å². The summed E-state index contributed by atoms with van der Waals surface area (Å²) in [6.45, 7) is 10.6. The molecular formula is C28H29NO4. The molecule has 0 spiro atoms. The van der Waals surface area contributed by atoms with Crippen LogP contribution in [0.5, 0.6) is 11.5 Å². The van der Waals surface area contributed by atoms with E-state index < -0.39 is 0 Å². The number of nitrogens with zero attached hydrogens (tertiary/aromatic N) is 1. The van der Waals surface area contributed by atoms with Gasteiger partial charge >= 0.3 is 0 Å². The number of benzene rings is 2. The topological polar surface area (TPSA) is 68.1 Å². The second kappa shape index (κ2) is 9.49. The van der Waals surface area contributed by atoms with Crippen LogP contribution in [0.15, 0.2) is 65.4 Å². The fourth-order valence-electron chi connectivity index (χ4n) is 4.82. The highest BCUT2D eigenvalue weighted by Gasteiger charge is 2.33. The Morgan fingerprint density at radius 2 is 1.85 bits per heavy atom. The standard InChI is InChI=1S/C28H29NO4/c1-5-10-29-22-14-21(27-18(3)11-17(2)12-19(27)4)15-24(31)28(22)23(30)8-6-20-7-9-25-26(13-20)33-16-32-25/h5-9,11-13,21,30H,1,10,14-16H2,2-4H3/b8-6+,28-23-,29-22?. The quantitative estimate of drug-likeness (QED) is 0.353. The van der Waals surface area contributed by atoms with E-state index >= 15 is 0 Å². The van der Waals surface area contributed by atoms with E-state index in [0.717, 1.165) is 5.56 Å². The van der Waals surface area contributed by atoms with Gasteiger partial charge in [-0.15, -0.1) is 6.58 Å². The molecule has 0 amide bonds. The molecule has 1 N–H and O–H groups in total. The van der Waals surface area contributed by atoms with Gasteiger partial charge in [-0.2, -0.15) is 0 Å². The van der Waals surface area contributed by atoms with Gasteiger partial charge in [0.25, 0.3) is 0 Å². The molecule has 1 atom stereocenters. The van der Waals surface area contributed by atoms with Gasteiger partial charge in [-0.1, -0.05) is 35.9 Å². The Hall–Kier alpha value is -3.60. The first-order chi connectivity index (χ1) is 15.9. The summed E-state index contributed by atoms with van der Waals surface area (Å²) in [5.74, 6) is 1.23. The summed E-state index contributed by atoms with van der Waals surface area (Å²) >= 11 is 0. The van der Waals surface area contributed by atoms with Crippen LogP contribution in [-0.4, -0.2) is 29.9 Å². The monoisotopic (exact) mass is 443 g/mol. The minimum atomic E-state index is -0.0960. The number of aliphatic imine (C=N–C) groups is 1. The number of aliphatic hydroxyl groups is 1. The summed E-state index contributed by atoms with van der Waals surface area (Å²) in [6, 6.07) is 9.85. The summed E-state index contributed by atoms with van der Waals surface area (Å²) in [4.78, 5) is 17.9. The number of aryl methyl sites for hydroxylation is 3. The highest BCUT2D eigenvalue weighted by molar-refractivity contribution is 6.25. The van der Waals surface area contributed by atoms with Crippen molar-refractivity contribution in [2.24, 2.45) is 4.99 Å². The van der Waals surface area contributed by atoms with E-state index in [1.54, 1.807) is 18.2 Å². The van der Waals surface area contributed by atoms with Crippen molar-refractivity contribution in [1.82, 2.24) is 0 Å². The third kappa shape index (κ3) is 4.77. The van der Waals surface area contributed by atoms with Gasteiger partial charge in [-0.25, -0.2) is 0 Å². The molecule has 0 radical (unpaired) electrons. The lowest BCUT2D eigenvalue weighted by Gasteiger charge is -2.28. The van der Waals surface area contributed by atoms with Crippen LogP contribution in [-0.2, 0) is 4.79 Å². The largest absolute Gasteiger partial charge is 0.507 e. The maximum absolute atomic E-state index is 13.3. The Balaban J connectivity index is 1.66. The van der Waals surface area contributed by atoms with E-state index in [9.17, 15) is 9.90 Å². The maximum Gasteiger partial charge on any atom is 0.231 e. The van der Waals surface area contributed by atoms with Gasteiger partial charge in [0.1, 0.15) is 5.76 Å². The highest BCUT2D eigenvalue weighted by Crippen LogP contribution is 2.37. The van der Waals surface area contributed by atoms with Crippen LogP contribution in [0.4, 0.5) is 0 Å². The molecule has 1 fully saturated rings. The predicted molar refractivity (Wildman–Crippen MR) is 131 cm³/mol. The predicted octanol–water partition coefficient (Wildman–Crippen LogP) is 5.94. The summed E-state index contributed by atoms with van der Waals surface area (Å²) in [7, 11) is 0. The van der Waals surface area contributed by atoms with Crippen molar-refractivity contribution in [2.45, 2.75) is 39.5 Å². The molecule has 1 aliphatic carbocycles. The number of ether oxygens (including phenoxy) is 2. The number of ketones is 1. The molecule has 1 heterocycles. The fourth-order valence-corrected chi connectivity index (χ4v) is 4.82. The van der Waals surface area contributed by atoms with Crippen molar-refractivity contribution in [3.8, 4) is 11.5 Å². The van der Waals surface area contributed by atoms with Gasteiger partial charge in [0.2, 0.25) is 6.79 Å². The lowest BCUT2D eigenvalue weighted by atomic mass is 9.76. The minimum Gasteiger partial charge on any atom is -0.507 e. The number of allylic oxidation sites excluding steroid dienone is 2. The summed E-state index contributed by atoms with van der Waals surface area (Å²) < 4.78 is 10.7.